The van der Waals surface area contributed by atoms with E-state index < -0.39 is 7.82 Å². The predicted octanol–water partition coefficient (Wildman–Crippen LogP) is 1.14. The molecule has 0 aromatic carbocycles. The SMILES string of the molecule is O=P(O)(ON1CCCC1)ON1CCCC1. The Bertz CT molecular complexity index is 229. The molecule has 0 aromatic rings. The van der Waals surface area contributed by atoms with E-state index in [0.717, 1.165) is 25.7 Å². The van der Waals surface area contributed by atoms with Crippen molar-refractivity contribution in [3.05, 3.63) is 0 Å². The molecular formula is C8H17N2O4P. The van der Waals surface area contributed by atoms with Gasteiger partial charge >= 0.3 is 7.82 Å². The highest BCUT2D eigenvalue weighted by Crippen LogP contribution is 2.46. The minimum Gasteiger partial charge on any atom is -0.300 e. The lowest BCUT2D eigenvalue weighted by Gasteiger charge is -2.22. The van der Waals surface area contributed by atoms with Gasteiger partial charge in [0.1, 0.15) is 0 Å². The van der Waals surface area contributed by atoms with Gasteiger partial charge in [0, 0.05) is 26.2 Å². The van der Waals surface area contributed by atoms with Crippen molar-refractivity contribution >= 4 is 7.82 Å². The Labute approximate surface area is 89.3 Å². The number of nitrogens with zero attached hydrogens (tertiary/aromatic N) is 2. The summed E-state index contributed by atoms with van der Waals surface area (Å²) in [6.45, 7) is 2.81. The van der Waals surface area contributed by atoms with Gasteiger partial charge in [0.15, 0.2) is 0 Å². The van der Waals surface area contributed by atoms with Gasteiger partial charge in [0.25, 0.3) is 0 Å². The van der Waals surface area contributed by atoms with Crippen molar-refractivity contribution in [1.82, 2.24) is 10.1 Å². The molecule has 0 spiro atoms. The van der Waals surface area contributed by atoms with Crippen LogP contribution < -0.4 is 0 Å². The normalized spacial score (nSPS) is 25.1. The molecular weight excluding hydrogens is 219 g/mol. The molecule has 15 heavy (non-hydrogen) atoms. The third-order valence-electron chi connectivity index (χ3n) is 2.57. The van der Waals surface area contributed by atoms with Crippen LogP contribution in [-0.4, -0.2) is 41.2 Å². The van der Waals surface area contributed by atoms with Crippen molar-refractivity contribution < 1.29 is 18.7 Å². The van der Waals surface area contributed by atoms with Crippen LogP contribution in [0.25, 0.3) is 0 Å². The topological polar surface area (TPSA) is 62.2 Å². The van der Waals surface area contributed by atoms with Crippen LogP contribution in [0.2, 0.25) is 0 Å². The van der Waals surface area contributed by atoms with Crippen molar-refractivity contribution in [2.45, 2.75) is 25.7 Å². The molecule has 0 saturated carbocycles. The van der Waals surface area contributed by atoms with Gasteiger partial charge in [-0.3, -0.25) is 0 Å². The van der Waals surface area contributed by atoms with E-state index in [4.69, 9.17) is 9.25 Å². The molecule has 7 heteroatoms. The van der Waals surface area contributed by atoms with Gasteiger partial charge in [-0.2, -0.15) is 19.4 Å². The van der Waals surface area contributed by atoms with E-state index in [1.165, 1.54) is 10.1 Å². The molecule has 1 N–H and O–H groups in total. The van der Waals surface area contributed by atoms with Gasteiger partial charge in [0.2, 0.25) is 0 Å². The first-order valence-corrected chi connectivity index (χ1v) is 6.87. The molecule has 0 aliphatic carbocycles. The molecule has 2 rings (SSSR count). The van der Waals surface area contributed by atoms with Gasteiger partial charge in [-0.05, 0) is 25.7 Å². The Hall–Kier alpha value is 0.0300. The van der Waals surface area contributed by atoms with E-state index >= 15 is 0 Å². The zero-order valence-corrected chi connectivity index (χ0v) is 9.56. The fraction of sp³-hybridized carbons (Fsp3) is 1.00. The quantitative estimate of drug-likeness (QED) is 0.738. The molecule has 0 atom stereocenters. The molecule has 88 valence electrons. The lowest BCUT2D eigenvalue weighted by Crippen LogP contribution is -2.23. The molecule has 0 bridgehead atoms. The Morgan fingerprint density at radius 2 is 1.20 bits per heavy atom. The van der Waals surface area contributed by atoms with E-state index in [2.05, 4.69) is 0 Å². The van der Waals surface area contributed by atoms with E-state index in [1.54, 1.807) is 0 Å². The molecule has 2 saturated heterocycles. The van der Waals surface area contributed by atoms with Gasteiger partial charge in [-0.15, -0.1) is 0 Å². The summed E-state index contributed by atoms with van der Waals surface area (Å²) >= 11 is 0. The van der Waals surface area contributed by atoms with Crippen LogP contribution >= 0.6 is 7.82 Å². The summed E-state index contributed by atoms with van der Waals surface area (Å²) in [6, 6.07) is 0. The van der Waals surface area contributed by atoms with E-state index in [1.807, 2.05) is 0 Å². The average Bonchev–Trinajstić information content (AvgIpc) is 2.75. The summed E-state index contributed by atoms with van der Waals surface area (Å²) in [4.78, 5) is 9.46. The summed E-state index contributed by atoms with van der Waals surface area (Å²) in [6.07, 6.45) is 4.01. The van der Waals surface area contributed by atoms with Gasteiger partial charge in [-0.1, -0.05) is 0 Å². The number of hydroxylamine groups is 4. The van der Waals surface area contributed by atoms with Crippen LogP contribution in [0.3, 0.4) is 0 Å². The highest BCUT2D eigenvalue weighted by Gasteiger charge is 2.31. The summed E-state index contributed by atoms with van der Waals surface area (Å²) in [5.74, 6) is 0. The van der Waals surface area contributed by atoms with Crippen LogP contribution in [0.1, 0.15) is 25.7 Å². The Kier molecular flexibility index (Phi) is 3.77. The first-order chi connectivity index (χ1) is 7.16. The monoisotopic (exact) mass is 236 g/mol. The first-order valence-electron chi connectivity index (χ1n) is 5.38. The summed E-state index contributed by atoms with van der Waals surface area (Å²) < 4.78 is 21.4. The minimum atomic E-state index is -3.94. The predicted molar refractivity (Wildman–Crippen MR) is 53.6 cm³/mol. The molecule has 0 unspecified atom stereocenters. The number of hydrogen-bond donors (Lipinski definition) is 1. The van der Waals surface area contributed by atoms with Gasteiger partial charge < -0.3 is 4.89 Å². The molecule has 0 radical (unpaired) electrons. The number of rotatable bonds is 4. The molecule has 0 amide bonds. The van der Waals surface area contributed by atoms with E-state index in [-0.39, 0.29) is 0 Å². The second kappa shape index (κ2) is 4.91. The van der Waals surface area contributed by atoms with Crippen LogP contribution in [0.4, 0.5) is 0 Å². The highest BCUT2D eigenvalue weighted by molar-refractivity contribution is 7.47. The fourth-order valence-corrected chi connectivity index (χ4v) is 2.79. The third-order valence-corrected chi connectivity index (χ3v) is 3.44. The van der Waals surface area contributed by atoms with Crippen molar-refractivity contribution in [3.8, 4) is 0 Å². The summed E-state index contributed by atoms with van der Waals surface area (Å²) in [7, 11) is -3.94. The Morgan fingerprint density at radius 1 is 0.867 bits per heavy atom. The van der Waals surface area contributed by atoms with Crippen LogP contribution in [-0.2, 0) is 13.8 Å². The second-order valence-corrected chi connectivity index (χ2v) is 5.17. The van der Waals surface area contributed by atoms with Crippen LogP contribution in [0.5, 0.6) is 0 Å². The number of phosphoric acid groups is 1. The minimum absolute atomic E-state index is 0.702. The largest absolute Gasteiger partial charge is 0.505 e. The maximum Gasteiger partial charge on any atom is 0.505 e. The van der Waals surface area contributed by atoms with Gasteiger partial charge in [-0.25, -0.2) is 4.57 Å². The zero-order valence-electron chi connectivity index (χ0n) is 8.67. The maximum atomic E-state index is 11.6. The van der Waals surface area contributed by atoms with Crippen molar-refractivity contribution in [2.75, 3.05) is 26.2 Å². The molecule has 6 nitrogen and oxygen atoms in total. The lowest BCUT2D eigenvalue weighted by atomic mass is 10.4. The molecule has 2 fully saturated rings. The fourth-order valence-electron chi connectivity index (χ4n) is 1.85. The Balaban J connectivity index is 1.79. The molecule has 2 aliphatic heterocycles. The smallest absolute Gasteiger partial charge is 0.300 e. The van der Waals surface area contributed by atoms with E-state index in [0.29, 0.717) is 26.2 Å². The standard InChI is InChI=1S/C8H17N2O4P/c11-15(12,13-9-5-1-2-6-9)14-10-7-3-4-8-10/h1-8H2,(H,11,12). The van der Waals surface area contributed by atoms with Crippen molar-refractivity contribution in [2.24, 2.45) is 0 Å². The summed E-state index contributed by atoms with van der Waals surface area (Å²) in [5, 5.41) is 3.02. The van der Waals surface area contributed by atoms with E-state index in [9.17, 15) is 9.46 Å². The Morgan fingerprint density at radius 3 is 1.53 bits per heavy atom. The third kappa shape index (κ3) is 3.52. The molecule has 2 aliphatic rings. The van der Waals surface area contributed by atoms with Gasteiger partial charge in [0.05, 0.1) is 0 Å². The van der Waals surface area contributed by atoms with Crippen LogP contribution in [0.15, 0.2) is 0 Å². The lowest BCUT2D eigenvalue weighted by molar-refractivity contribution is -0.123. The highest BCUT2D eigenvalue weighted by atomic mass is 31.2. The molecule has 0 aromatic heterocycles. The zero-order chi connectivity index (χ0) is 10.7. The summed E-state index contributed by atoms with van der Waals surface area (Å²) in [5.41, 5.74) is 0. The number of hydrogen-bond acceptors (Lipinski definition) is 5. The second-order valence-electron chi connectivity index (χ2n) is 3.90. The first kappa shape index (κ1) is 11.5. The molecule has 2 heterocycles. The average molecular weight is 236 g/mol. The van der Waals surface area contributed by atoms with Crippen molar-refractivity contribution in [3.63, 3.8) is 0 Å². The maximum absolute atomic E-state index is 11.6. The van der Waals surface area contributed by atoms with Crippen LogP contribution in [0, 0.1) is 0 Å². The van der Waals surface area contributed by atoms with Crippen molar-refractivity contribution in [1.29, 1.82) is 0 Å².